The smallest absolute Gasteiger partial charge is 0.249 e. The molecule has 0 amide bonds. The van der Waals surface area contributed by atoms with Crippen molar-refractivity contribution in [2.24, 2.45) is 0 Å². The lowest BCUT2D eigenvalue weighted by Gasteiger charge is -2.15. The largest absolute Gasteiger partial charge is 0.362 e. The van der Waals surface area contributed by atoms with E-state index in [1.54, 1.807) is 24.4 Å². The summed E-state index contributed by atoms with van der Waals surface area (Å²) in [6.45, 7) is 2.06. The van der Waals surface area contributed by atoms with Gasteiger partial charge in [0.2, 0.25) is 5.95 Å². The molecule has 0 saturated carbocycles. The van der Waals surface area contributed by atoms with Crippen LogP contribution >= 0.6 is 23.2 Å². The third-order valence-corrected chi connectivity index (χ3v) is 3.78. The molecule has 0 spiro atoms. The van der Waals surface area contributed by atoms with Crippen molar-refractivity contribution in [3.8, 4) is 0 Å². The van der Waals surface area contributed by atoms with E-state index in [1.807, 2.05) is 18.2 Å². The Labute approximate surface area is 150 Å². The van der Waals surface area contributed by atoms with Crippen LogP contribution in [0.25, 0.3) is 0 Å². The van der Waals surface area contributed by atoms with E-state index in [2.05, 4.69) is 44.9 Å². The molecule has 0 aliphatic rings. The first kappa shape index (κ1) is 16.5. The highest BCUT2D eigenvalue weighted by Gasteiger charge is 2.08. The maximum atomic E-state index is 5.99. The molecule has 0 aliphatic carbocycles. The zero-order valence-electron chi connectivity index (χ0n) is 12.9. The van der Waals surface area contributed by atoms with Gasteiger partial charge in [-0.15, -0.1) is 5.10 Å². The molecular weight excluding hydrogens is 345 g/mol. The molecule has 1 atom stereocenters. The predicted octanol–water partition coefficient (Wildman–Crippen LogP) is 5.10. The maximum Gasteiger partial charge on any atom is 0.249 e. The molecule has 2 N–H and O–H groups in total. The SMILES string of the molecule is CC(Nc1cnnc(Nc2cc(Cl)cc(Cl)c2)n1)c1ccccc1. The molecule has 2 aromatic carbocycles. The van der Waals surface area contributed by atoms with Gasteiger partial charge in [0.1, 0.15) is 0 Å². The number of halogens is 2. The molecule has 3 rings (SSSR count). The number of nitrogens with zero attached hydrogens (tertiary/aromatic N) is 3. The van der Waals surface area contributed by atoms with E-state index in [-0.39, 0.29) is 6.04 Å². The first-order valence-corrected chi connectivity index (χ1v) is 8.10. The zero-order chi connectivity index (χ0) is 16.9. The Balaban J connectivity index is 1.74. The summed E-state index contributed by atoms with van der Waals surface area (Å²) in [7, 11) is 0. The minimum absolute atomic E-state index is 0.0939. The fraction of sp³-hybridized carbons (Fsp3) is 0.118. The lowest BCUT2D eigenvalue weighted by Crippen LogP contribution is -2.09. The van der Waals surface area contributed by atoms with E-state index in [1.165, 1.54) is 0 Å². The number of aromatic nitrogens is 3. The summed E-state index contributed by atoms with van der Waals surface area (Å²) >= 11 is 12.0. The molecule has 0 fully saturated rings. The number of rotatable bonds is 5. The molecular formula is C17H15Cl2N5. The zero-order valence-corrected chi connectivity index (χ0v) is 14.4. The van der Waals surface area contributed by atoms with Crippen molar-refractivity contribution < 1.29 is 0 Å². The summed E-state index contributed by atoms with van der Waals surface area (Å²) in [4.78, 5) is 4.41. The lowest BCUT2D eigenvalue weighted by molar-refractivity contribution is 0.861. The lowest BCUT2D eigenvalue weighted by atomic mass is 10.1. The molecule has 0 aliphatic heterocycles. The highest BCUT2D eigenvalue weighted by molar-refractivity contribution is 6.35. The molecule has 122 valence electrons. The average molecular weight is 360 g/mol. The van der Waals surface area contributed by atoms with Crippen LogP contribution in [0.2, 0.25) is 10.0 Å². The number of hydrogen-bond donors (Lipinski definition) is 2. The normalized spacial score (nSPS) is 11.8. The van der Waals surface area contributed by atoms with Gasteiger partial charge in [-0.2, -0.15) is 10.1 Å². The van der Waals surface area contributed by atoms with Crippen LogP contribution in [0.15, 0.2) is 54.7 Å². The molecule has 0 bridgehead atoms. The van der Waals surface area contributed by atoms with Gasteiger partial charge in [-0.05, 0) is 30.7 Å². The Morgan fingerprint density at radius 2 is 1.71 bits per heavy atom. The minimum atomic E-state index is 0.0939. The standard InChI is InChI=1S/C17H15Cl2N5/c1-11(12-5-3-2-4-6-12)21-16-10-20-24-17(23-16)22-15-8-13(18)7-14(19)9-15/h2-11H,1H3,(H2,21,22,23,24). The van der Waals surface area contributed by atoms with Gasteiger partial charge in [-0.1, -0.05) is 53.5 Å². The Morgan fingerprint density at radius 3 is 2.42 bits per heavy atom. The number of anilines is 3. The summed E-state index contributed by atoms with van der Waals surface area (Å²) in [5, 5.41) is 15.4. The van der Waals surface area contributed by atoms with Crippen molar-refractivity contribution in [2.75, 3.05) is 10.6 Å². The number of hydrogen-bond acceptors (Lipinski definition) is 5. The summed E-state index contributed by atoms with van der Waals surface area (Å²) in [5.41, 5.74) is 1.86. The first-order chi connectivity index (χ1) is 11.6. The van der Waals surface area contributed by atoms with E-state index < -0.39 is 0 Å². The predicted molar refractivity (Wildman–Crippen MR) is 98.1 cm³/mol. The fourth-order valence-corrected chi connectivity index (χ4v) is 2.75. The molecule has 7 heteroatoms. The summed E-state index contributed by atoms with van der Waals surface area (Å²) in [6.07, 6.45) is 1.58. The molecule has 1 heterocycles. The van der Waals surface area contributed by atoms with Crippen molar-refractivity contribution in [1.82, 2.24) is 15.2 Å². The third kappa shape index (κ3) is 4.34. The second-order valence-corrected chi connectivity index (χ2v) is 6.10. The highest BCUT2D eigenvalue weighted by Crippen LogP contribution is 2.24. The van der Waals surface area contributed by atoms with Gasteiger partial charge < -0.3 is 10.6 Å². The fourth-order valence-electron chi connectivity index (χ4n) is 2.23. The average Bonchev–Trinajstić information content (AvgIpc) is 2.55. The van der Waals surface area contributed by atoms with Gasteiger partial charge in [-0.3, -0.25) is 0 Å². The van der Waals surface area contributed by atoms with Gasteiger partial charge >= 0.3 is 0 Å². The molecule has 1 unspecified atom stereocenters. The van der Waals surface area contributed by atoms with Gasteiger partial charge in [0, 0.05) is 21.8 Å². The maximum absolute atomic E-state index is 5.99. The van der Waals surface area contributed by atoms with E-state index in [4.69, 9.17) is 23.2 Å². The van der Waals surface area contributed by atoms with E-state index >= 15 is 0 Å². The van der Waals surface area contributed by atoms with Crippen LogP contribution in [0.3, 0.4) is 0 Å². The molecule has 0 saturated heterocycles. The van der Waals surface area contributed by atoms with E-state index in [0.717, 1.165) is 5.56 Å². The summed E-state index contributed by atoms with van der Waals surface area (Å²) in [5.74, 6) is 0.982. The van der Waals surface area contributed by atoms with E-state index in [9.17, 15) is 0 Å². The van der Waals surface area contributed by atoms with E-state index in [0.29, 0.717) is 27.5 Å². The van der Waals surface area contributed by atoms with Crippen LogP contribution in [0.5, 0.6) is 0 Å². The van der Waals surface area contributed by atoms with Gasteiger partial charge in [0.25, 0.3) is 0 Å². The van der Waals surface area contributed by atoms with Crippen molar-refractivity contribution in [1.29, 1.82) is 0 Å². The second kappa shape index (κ2) is 7.47. The van der Waals surface area contributed by atoms with Crippen LogP contribution in [-0.2, 0) is 0 Å². The van der Waals surface area contributed by atoms with Crippen molar-refractivity contribution >= 4 is 40.7 Å². The summed E-state index contributed by atoms with van der Waals surface area (Å²) < 4.78 is 0. The quantitative estimate of drug-likeness (QED) is 0.663. The molecule has 5 nitrogen and oxygen atoms in total. The molecule has 1 aromatic heterocycles. The van der Waals surface area contributed by atoms with Gasteiger partial charge in [0.15, 0.2) is 5.82 Å². The van der Waals surface area contributed by atoms with Crippen LogP contribution in [0, 0.1) is 0 Å². The van der Waals surface area contributed by atoms with Crippen LogP contribution in [0.4, 0.5) is 17.5 Å². The van der Waals surface area contributed by atoms with Crippen LogP contribution in [-0.4, -0.2) is 15.2 Å². The number of nitrogens with one attached hydrogen (secondary N) is 2. The summed E-state index contributed by atoms with van der Waals surface area (Å²) in [6, 6.07) is 15.3. The van der Waals surface area contributed by atoms with Gasteiger partial charge in [-0.25, -0.2) is 0 Å². The molecule has 0 radical (unpaired) electrons. The Hall–Kier alpha value is -2.37. The molecule has 24 heavy (non-hydrogen) atoms. The molecule has 3 aromatic rings. The topological polar surface area (TPSA) is 62.7 Å². The van der Waals surface area contributed by atoms with Crippen LogP contribution in [0.1, 0.15) is 18.5 Å². The van der Waals surface area contributed by atoms with Crippen molar-refractivity contribution in [3.63, 3.8) is 0 Å². The first-order valence-electron chi connectivity index (χ1n) is 7.34. The third-order valence-electron chi connectivity index (χ3n) is 3.34. The monoisotopic (exact) mass is 359 g/mol. The second-order valence-electron chi connectivity index (χ2n) is 5.23. The van der Waals surface area contributed by atoms with Crippen molar-refractivity contribution in [2.45, 2.75) is 13.0 Å². The highest BCUT2D eigenvalue weighted by atomic mass is 35.5. The van der Waals surface area contributed by atoms with Crippen molar-refractivity contribution in [3.05, 3.63) is 70.3 Å². The Kier molecular flexibility index (Phi) is 5.13. The minimum Gasteiger partial charge on any atom is -0.362 e. The Morgan fingerprint density at radius 1 is 1.00 bits per heavy atom. The Bertz CT molecular complexity index is 806. The van der Waals surface area contributed by atoms with Crippen LogP contribution < -0.4 is 10.6 Å². The number of benzene rings is 2. The van der Waals surface area contributed by atoms with Gasteiger partial charge in [0.05, 0.1) is 6.20 Å².